The molecule has 1 heterocycles. The molecule has 3 rings (SSSR count). The number of hydrogen-bond donors (Lipinski definition) is 1. The average molecular weight is 314 g/mol. The first-order chi connectivity index (χ1) is 11.2. The number of rotatable bonds is 5. The SMILES string of the molecule is COc1ccc(C(O)(c2ccc(OC)cc2)C2CCCO2)cc1. The van der Waals surface area contributed by atoms with E-state index in [1.54, 1.807) is 14.2 Å². The van der Waals surface area contributed by atoms with E-state index in [9.17, 15) is 5.11 Å². The van der Waals surface area contributed by atoms with Gasteiger partial charge in [-0.1, -0.05) is 24.3 Å². The zero-order valence-electron chi connectivity index (χ0n) is 13.5. The molecule has 4 heteroatoms. The van der Waals surface area contributed by atoms with Gasteiger partial charge in [-0.25, -0.2) is 0 Å². The first-order valence-electron chi connectivity index (χ1n) is 7.81. The molecular formula is C19H22O4. The second-order valence-corrected chi connectivity index (χ2v) is 5.73. The lowest BCUT2D eigenvalue weighted by Crippen LogP contribution is -2.40. The topological polar surface area (TPSA) is 47.9 Å². The van der Waals surface area contributed by atoms with Gasteiger partial charge in [-0.05, 0) is 48.2 Å². The van der Waals surface area contributed by atoms with Gasteiger partial charge in [0.15, 0.2) is 0 Å². The van der Waals surface area contributed by atoms with Gasteiger partial charge in [0.2, 0.25) is 0 Å². The van der Waals surface area contributed by atoms with Crippen LogP contribution in [0.1, 0.15) is 24.0 Å². The molecule has 1 fully saturated rings. The van der Waals surface area contributed by atoms with E-state index >= 15 is 0 Å². The Labute approximate surface area is 136 Å². The Morgan fingerprint density at radius 2 is 1.39 bits per heavy atom. The lowest BCUT2D eigenvalue weighted by molar-refractivity contribution is -0.0620. The third-order valence-corrected chi connectivity index (χ3v) is 4.46. The maximum Gasteiger partial charge on any atom is 0.141 e. The van der Waals surface area contributed by atoms with E-state index in [4.69, 9.17) is 14.2 Å². The summed E-state index contributed by atoms with van der Waals surface area (Å²) in [4.78, 5) is 0. The minimum atomic E-state index is -1.19. The summed E-state index contributed by atoms with van der Waals surface area (Å²) in [5, 5.41) is 11.6. The molecule has 0 spiro atoms. The van der Waals surface area contributed by atoms with E-state index in [2.05, 4.69) is 0 Å². The summed E-state index contributed by atoms with van der Waals surface area (Å²) in [6.45, 7) is 0.680. The van der Waals surface area contributed by atoms with Crippen LogP contribution in [0.5, 0.6) is 11.5 Å². The molecule has 0 radical (unpaired) electrons. The highest BCUT2D eigenvalue weighted by Crippen LogP contribution is 2.39. The van der Waals surface area contributed by atoms with Gasteiger partial charge in [0, 0.05) is 6.61 Å². The molecule has 1 N–H and O–H groups in total. The van der Waals surface area contributed by atoms with Crippen LogP contribution < -0.4 is 9.47 Å². The minimum Gasteiger partial charge on any atom is -0.497 e. The number of hydrogen-bond acceptors (Lipinski definition) is 4. The van der Waals surface area contributed by atoms with Crippen LogP contribution in [-0.4, -0.2) is 32.0 Å². The summed E-state index contributed by atoms with van der Waals surface area (Å²) in [5.41, 5.74) is 0.417. The molecule has 122 valence electrons. The van der Waals surface area contributed by atoms with Crippen molar-refractivity contribution in [3.8, 4) is 11.5 Å². The third kappa shape index (κ3) is 2.92. The molecule has 23 heavy (non-hydrogen) atoms. The van der Waals surface area contributed by atoms with Gasteiger partial charge in [-0.2, -0.15) is 0 Å². The van der Waals surface area contributed by atoms with Gasteiger partial charge in [-0.15, -0.1) is 0 Å². The van der Waals surface area contributed by atoms with Crippen LogP contribution in [0.2, 0.25) is 0 Å². The van der Waals surface area contributed by atoms with Gasteiger partial charge in [0.25, 0.3) is 0 Å². The molecule has 1 aliphatic rings. The molecule has 0 aromatic heterocycles. The van der Waals surface area contributed by atoms with Crippen molar-refractivity contribution in [1.29, 1.82) is 0 Å². The molecule has 4 nitrogen and oxygen atoms in total. The molecule has 1 unspecified atom stereocenters. The fourth-order valence-electron chi connectivity index (χ4n) is 3.14. The maximum atomic E-state index is 11.6. The second kappa shape index (κ2) is 6.60. The monoisotopic (exact) mass is 314 g/mol. The highest BCUT2D eigenvalue weighted by atomic mass is 16.5. The Balaban J connectivity index is 2.04. The highest BCUT2D eigenvalue weighted by molar-refractivity contribution is 5.42. The third-order valence-electron chi connectivity index (χ3n) is 4.46. The van der Waals surface area contributed by atoms with Crippen molar-refractivity contribution in [3.05, 3.63) is 59.7 Å². The second-order valence-electron chi connectivity index (χ2n) is 5.73. The Morgan fingerprint density at radius 3 is 1.74 bits per heavy atom. The Hall–Kier alpha value is -2.04. The minimum absolute atomic E-state index is 0.260. The first kappa shape index (κ1) is 15.8. The molecule has 2 aromatic rings. The van der Waals surface area contributed by atoms with Gasteiger partial charge in [0.1, 0.15) is 17.1 Å². The molecular weight excluding hydrogens is 292 g/mol. The average Bonchev–Trinajstić information content (AvgIpc) is 3.16. The molecule has 1 atom stereocenters. The Morgan fingerprint density at radius 1 is 0.913 bits per heavy atom. The van der Waals surface area contributed by atoms with E-state index in [1.165, 1.54) is 0 Å². The molecule has 0 saturated carbocycles. The maximum absolute atomic E-state index is 11.6. The van der Waals surface area contributed by atoms with Crippen LogP contribution in [-0.2, 0) is 10.3 Å². The zero-order valence-corrected chi connectivity index (χ0v) is 13.5. The van der Waals surface area contributed by atoms with Crippen LogP contribution in [0.3, 0.4) is 0 Å². The lowest BCUT2D eigenvalue weighted by atomic mass is 9.80. The van der Waals surface area contributed by atoms with Crippen molar-refractivity contribution in [2.24, 2.45) is 0 Å². The summed E-state index contributed by atoms with van der Waals surface area (Å²) in [6.07, 6.45) is 1.53. The number of aliphatic hydroxyl groups is 1. The van der Waals surface area contributed by atoms with Crippen LogP contribution in [0, 0.1) is 0 Å². The van der Waals surface area contributed by atoms with Crippen molar-refractivity contribution < 1.29 is 19.3 Å². The first-order valence-corrected chi connectivity index (χ1v) is 7.81. The van der Waals surface area contributed by atoms with E-state index in [1.807, 2.05) is 48.5 Å². The van der Waals surface area contributed by atoms with Crippen molar-refractivity contribution in [3.63, 3.8) is 0 Å². The van der Waals surface area contributed by atoms with Crippen molar-refractivity contribution in [2.45, 2.75) is 24.5 Å². The predicted octanol–water partition coefficient (Wildman–Crippen LogP) is 3.12. The van der Waals surface area contributed by atoms with Crippen LogP contribution in [0.25, 0.3) is 0 Å². The highest BCUT2D eigenvalue weighted by Gasteiger charge is 2.42. The number of ether oxygens (including phenoxy) is 3. The quantitative estimate of drug-likeness (QED) is 0.921. The van der Waals surface area contributed by atoms with E-state index in [0.29, 0.717) is 6.61 Å². The van der Waals surface area contributed by atoms with Gasteiger partial charge < -0.3 is 19.3 Å². The summed E-state index contributed by atoms with van der Waals surface area (Å²) in [6, 6.07) is 15.0. The van der Waals surface area contributed by atoms with Gasteiger partial charge in [-0.3, -0.25) is 0 Å². The smallest absolute Gasteiger partial charge is 0.141 e. The Kier molecular flexibility index (Phi) is 4.55. The number of methoxy groups -OCH3 is 2. The van der Waals surface area contributed by atoms with Crippen molar-refractivity contribution in [1.82, 2.24) is 0 Å². The standard InChI is InChI=1S/C19H22O4/c1-21-16-9-5-14(6-10-16)19(20,18-4-3-13-23-18)15-7-11-17(22-2)12-8-15/h5-12,18,20H,3-4,13H2,1-2H3. The fourth-order valence-corrected chi connectivity index (χ4v) is 3.14. The summed E-state index contributed by atoms with van der Waals surface area (Å²) >= 11 is 0. The Bertz CT molecular complexity index is 580. The largest absolute Gasteiger partial charge is 0.497 e. The van der Waals surface area contributed by atoms with Gasteiger partial charge in [0.05, 0.1) is 20.3 Å². The van der Waals surface area contributed by atoms with E-state index in [0.717, 1.165) is 35.5 Å². The molecule has 2 aromatic carbocycles. The molecule has 0 bridgehead atoms. The summed E-state index contributed by atoms with van der Waals surface area (Å²) in [7, 11) is 3.26. The fraction of sp³-hybridized carbons (Fsp3) is 0.368. The van der Waals surface area contributed by atoms with E-state index < -0.39 is 5.60 Å². The normalized spacial score (nSPS) is 18.0. The van der Waals surface area contributed by atoms with Crippen LogP contribution in [0.4, 0.5) is 0 Å². The zero-order chi connectivity index (χ0) is 16.3. The van der Waals surface area contributed by atoms with E-state index in [-0.39, 0.29) is 6.10 Å². The molecule has 0 aliphatic carbocycles. The lowest BCUT2D eigenvalue weighted by Gasteiger charge is -2.34. The van der Waals surface area contributed by atoms with Crippen LogP contribution >= 0.6 is 0 Å². The molecule has 1 aliphatic heterocycles. The number of benzene rings is 2. The molecule has 1 saturated heterocycles. The summed E-state index contributed by atoms with van der Waals surface area (Å²) < 4.78 is 16.3. The van der Waals surface area contributed by atoms with Crippen molar-refractivity contribution in [2.75, 3.05) is 20.8 Å². The predicted molar refractivity (Wildman–Crippen MR) is 88.0 cm³/mol. The molecule has 0 amide bonds. The van der Waals surface area contributed by atoms with Crippen LogP contribution in [0.15, 0.2) is 48.5 Å². The van der Waals surface area contributed by atoms with Crippen molar-refractivity contribution >= 4 is 0 Å². The van der Waals surface area contributed by atoms with Gasteiger partial charge >= 0.3 is 0 Å². The summed E-state index contributed by atoms with van der Waals surface area (Å²) in [5.74, 6) is 1.52.